The van der Waals surface area contributed by atoms with E-state index >= 15 is 4.39 Å². The van der Waals surface area contributed by atoms with Gasteiger partial charge >= 0.3 is 5.97 Å². The van der Waals surface area contributed by atoms with E-state index in [0.29, 0.717) is 22.0 Å². The van der Waals surface area contributed by atoms with Gasteiger partial charge in [0.15, 0.2) is 0 Å². The lowest BCUT2D eigenvalue weighted by Gasteiger charge is -2.64. The number of carbonyl (C=O) groups excluding carboxylic acids is 1. The van der Waals surface area contributed by atoms with Gasteiger partial charge < -0.3 is 10.1 Å². The number of carbonyl (C=O) groups is 1. The van der Waals surface area contributed by atoms with E-state index in [2.05, 4.69) is 10.6 Å². The summed E-state index contributed by atoms with van der Waals surface area (Å²) in [5.41, 5.74) is -0.0525. The number of nitrogens with one attached hydrogen (secondary N) is 2. The molecule has 4 nitrogen and oxygen atoms in total. The standard InChI is InChI=1S/C24H21Cl2F3N2O2/c1-2-33-22(32)20-17(13-4-3-5-15(26)18(13)29)19-21-23(10-27,11-28)9-24(21,31-20)14-7-6-12(25)8-16(14)30-19/h3-8,17,20,30-31H,2,9-11H2,1H3/t17-,20-,24?/m1/s1. The van der Waals surface area contributed by atoms with E-state index in [1.54, 1.807) is 31.2 Å². The summed E-state index contributed by atoms with van der Waals surface area (Å²) in [6.07, 6.45) is 0.1000. The van der Waals surface area contributed by atoms with Gasteiger partial charge in [0.05, 0.1) is 28.5 Å². The number of ether oxygens (including phenoxy) is 1. The van der Waals surface area contributed by atoms with Gasteiger partial charge in [0, 0.05) is 27.5 Å². The highest BCUT2D eigenvalue weighted by molar-refractivity contribution is 6.31. The average Bonchev–Trinajstić information content (AvgIpc) is 2.77. The van der Waals surface area contributed by atoms with E-state index in [-0.39, 0.29) is 23.6 Å². The van der Waals surface area contributed by atoms with Gasteiger partial charge in [-0.15, -0.1) is 0 Å². The molecule has 2 aromatic carbocycles. The molecule has 1 fully saturated rings. The fraction of sp³-hybridized carbons (Fsp3) is 0.375. The first-order valence-electron chi connectivity index (χ1n) is 10.6. The molecular formula is C24H21Cl2F3N2O2. The molecule has 2 N–H and O–H groups in total. The van der Waals surface area contributed by atoms with Gasteiger partial charge in [0.2, 0.25) is 0 Å². The van der Waals surface area contributed by atoms with Crippen molar-refractivity contribution in [1.82, 2.24) is 5.32 Å². The molecule has 2 aliphatic heterocycles. The Bertz CT molecular complexity index is 1180. The minimum Gasteiger partial charge on any atom is -0.465 e. The number of esters is 1. The average molecular weight is 497 g/mol. The molecule has 0 spiro atoms. The third-order valence-corrected chi connectivity index (χ3v) is 7.48. The molecule has 1 aliphatic carbocycles. The first-order valence-corrected chi connectivity index (χ1v) is 11.4. The molecule has 5 rings (SSSR count). The summed E-state index contributed by atoms with van der Waals surface area (Å²) in [4.78, 5) is 13.1. The molecule has 0 amide bonds. The van der Waals surface area contributed by atoms with E-state index in [0.717, 1.165) is 5.56 Å². The lowest BCUT2D eigenvalue weighted by Crippen LogP contribution is -2.71. The Hall–Kier alpha value is -2.22. The molecule has 1 unspecified atom stereocenters. The Kier molecular flexibility index (Phi) is 5.42. The molecule has 1 saturated carbocycles. The molecule has 2 bridgehead atoms. The van der Waals surface area contributed by atoms with Crippen molar-refractivity contribution < 1.29 is 22.7 Å². The summed E-state index contributed by atoms with van der Waals surface area (Å²) in [6, 6.07) is 8.65. The Morgan fingerprint density at radius 2 is 1.97 bits per heavy atom. The topological polar surface area (TPSA) is 50.4 Å². The SMILES string of the molecule is CCOC(=O)[C@@H]1NC23CC(CF)(CF)C2=C(Nc2cc(Cl)ccc23)[C@H]1c1cccc(Cl)c1F. The van der Waals surface area contributed by atoms with Crippen LogP contribution in [0.2, 0.25) is 10.0 Å². The first kappa shape index (κ1) is 22.6. The molecule has 0 aromatic heterocycles. The zero-order chi connectivity index (χ0) is 23.5. The van der Waals surface area contributed by atoms with Crippen molar-refractivity contribution in [3.8, 4) is 0 Å². The third-order valence-electron chi connectivity index (χ3n) is 6.96. The monoisotopic (exact) mass is 496 g/mol. The van der Waals surface area contributed by atoms with Gasteiger partial charge in [-0.1, -0.05) is 41.4 Å². The van der Waals surface area contributed by atoms with Crippen molar-refractivity contribution in [2.24, 2.45) is 5.41 Å². The molecule has 2 aromatic rings. The highest BCUT2D eigenvalue weighted by Crippen LogP contribution is 2.67. The van der Waals surface area contributed by atoms with E-state index < -0.39 is 48.0 Å². The van der Waals surface area contributed by atoms with E-state index in [1.807, 2.05) is 0 Å². The second-order valence-corrected chi connectivity index (χ2v) is 9.57. The maximum Gasteiger partial charge on any atom is 0.324 e. The number of anilines is 1. The lowest BCUT2D eigenvalue weighted by atomic mass is 9.47. The predicted molar refractivity (Wildman–Crippen MR) is 120 cm³/mol. The van der Waals surface area contributed by atoms with Crippen LogP contribution in [0.1, 0.15) is 30.4 Å². The van der Waals surface area contributed by atoms with Crippen molar-refractivity contribution >= 4 is 34.9 Å². The molecule has 2 heterocycles. The maximum atomic E-state index is 15.3. The lowest BCUT2D eigenvalue weighted by molar-refractivity contribution is -0.148. The van der Waals surface area contributed by atoms with Gasteiger partial charge in [-0.25, -0.2) is 4.39 Å². The summed E-state index contributed by atoms with van der Waals surface area (Å²) >= 11 is 12.3. The zero-order valence-corrected chi connectivity index (χ0v) is 19.2. The van der Waals surface area contributed by atoms with Crippen LogP contribution in [0.15, 0.2) is 47.7 Å². The Balaban J connectivity index is 1.80. The summed E-state index contributed by atoms with van der Waals surface area (Å²) in [6.45, 7) is -0.0504. The van der Waals surface area contributed by atoms with Crippen LogP contribution in [0.4, 0.5) is 18.9 Å². The smallest absolute Gasteiger partial charge is 0.324 e. The Morgan fingerprint density at radius 3 is 2.67 bits per heavy atom. The number of rotatable bonds is 5. The summed E-state index contributed by atoms with van der Waals surface area (Å²) < 4.78 is 49.2. The van der Waals surface area contributed by atoms with Crippen LogP contribution < -0.4 is 10.6 Å². The second-order valence-electron chi connectivity index (χ2n) is 8.73. The molecule has 0 saturated heterocycles. The normalized spacial score (nSPS) is 26.6. The number of benzene rings is 2. The zero-order valence-electron chi connectivity index (χ0n) is 17.7. The van der Waals surface area contributed by atoms with Crippen LogP contribution in [0.3, 0.4) is 0 Å². The second kappa shape index (κ2) is 7.93. The van der Waals surface area contributed by atoms with Crippen molar-refractivity contribution in [3.05, 3.63) is 74.7 Å². The van der Waals surface area contributed by atoms with E-state index in [4.69, 9.17) is 27.9 Å². The van der Waals surface area contributed by atoms with Crippen LogP contribution >= 0.6 is 23.2 Å². The summed E-state index contributed by atoms with van der Waals surface area (Å²) in [7, 11) is 0. The van der Waals surface area contributed by atoms with Gasteiger partial charge in [-0.2, -0.15) is 0 Å². The molecule has 3 atom stereocenters. The molecule has 9 heteroatoms. The minimum atomic E-state index is -1.38. The highest BCUT2D eigenvalue weighted by atomic mass is 35.5. The van der Waals surface area contributed by atoms with Gasteiger partial charge in [0.25, 0.3) is 0 Å². The predicted octanol–water partition coefficient (Wildman–Crippen LogP) is 5.66. The Morgan fingerprint density at radius 1 is 1.21 bits per heavy atom. The van der Waals surface area contributed by atoms with Crippen LogP contribution in [-0.4, -0.2) is 32.0 Å². The van der Waals surface area contributed by atoms with Crippen LogP contribution in [0, 0.1) is 11.2 Å². The molecule has 3 aliphatic rings. The minimum absolute atomic E-state index is 0.1000. The number of hydrogen-bond donors (Lipinski definition) is 2. The van der Waals surface area contributed by atoms with Crippen molar-refractivity contribution in [3.63, 3.8) is 0 Å². The molecule has 0 radical (unpaired) electrons. The molecular weight excluding hydrogens is 476 g/mol. The largest absolute Gasteiger partial charge is 0.465 e. The van der Waals surface area contributed by atoms with Crippen LogP contribution in [0.25, 0.3) is 0 Å². The number of hydrogen-bond acceptors (Lipinski definition) is 4. The maximum absolute atomic E-state index is 15.3. The van der Waals surface area contributed by atoms with Gasteiger partial charge in [0.1, 0.15) is 25.2 Å². The molecule has 174 valence electrons. The van der Waals surface area contributed by atoms with E-state index in [1.165, 1.54) is 12.1 Å². The van der Waals surface area contributed by atoms with Gasteiger partial charge in [-0.05, 0) is 37.1 Å². The fourth-order valence-corrected chi connectivity index (χ4v) is 6.07. The van der Waals surface area contributed by atoms with Crippen molar-refractivity contribution in [2.75, 3.05) is 25.3 Å². The number of alkyl halides is 2. The van der Waals surface area contributed by atoms with Crippen LogP contribution in [0.5, 0.6) is 0 Å². The summed E-state index contributed by atoms with van der Waals surface area (Å²) in [5.74, 6) is -2.24. The quantitative estimate of drug-likeness (QED) is 0.524. The Labute approximate surface area is 199 Å². The highest BCUT2D eigenvalue weighted by Gasteiger charge is 2.68. The van der Waals surface area contributed by atoms with Gasteiger partial charge in [-0.3, -0.25) is 18.9 Å². The first-order chi connectivity index (χ1) is 15.8. The van der Waals surface area contributed by atoms with Crippen molar-refractivity contribution in [2.45, 2.75) is 30.8 Å². The fourth-order valence-electron chi connectivity index (χ4n) is 5.71. The third kappa shape index (κ3) is 3.05. The van der Waals surface area contributed by atoms with Crippen molar-refractivity contribution in [1.29, 1.82) is 0 Å². The van der Waals surface area contributed by atoms with E-state index in [9.17, 15) is 13.6 Å². The van der Waals surface area contributed by atoms with Crippen LogP contribution in [-0.2, 0) is 15.1 Å². The summed E-state index contributed by atoms with van der Waals surface area (Å²) in [5, 5.41) is 6.91. The molecule has 33 heavy (non-hydrogen) atoms. The number of halogens is 5. The number of fused-ring (bicyclic) bond motifs is 1.